The monoisotopic (exact) mass is 288 g/mol. The molecule has 0 spiro atoms. The quantitative estimate of drug-likeness (QED) is 0.570. The van der Waals surface area contributed by atoms with Crippen molar-refractivity contribution in [2.75, 3.05) is 6.61 Å². The largest absolute Gasteiger partial charge is 0.394 e. The van der Waals surface area contributed by atoms with Crippen LogP contribution in [0.4, 0.5) is 0 Å². The molecule has 0 aliphatic carbocycles. The fourth-order valence-electron chi connectivity index (χ4n) is 2.22. The second kappa shape index (κ2) is 5.75. The Morgan fingerprint density at radius 2 is 1.74 bits per heavy atom. The van der Waals surface area contributed by atoms with Gasteiger partial charge in [0, 0.05) is 6.42 Å². The molecular formula is C13H17ClO5. The molecule has 4 N–H and O–H groups in total. The van der Waals surface area contributed by atoms with Gasteiger partial charge in [0.2, 0.25) is 0 Å². The van der Waals surface area contributed by atoms with E-state index in [1.807, 2.05) is 30.3 Å². The van der Waals surface area contributed by atoms with Crippen molar-refractivity contribution >= 4 is 11.6 Å². The number of aliphatic hydroxyl groups is 4. The predicted octanol–water partition coefficient (Wildman–Crippen LogP) is -0.362. The third-order valence-electron chi connectivity index (χ3n) is 3.31. The van der Waals surface area contributed by atoms with Crippen LogP contribution in [-0.2, 0) is 11.2 Å². The van der Waals surface area contributed by atoms with Crippen LogP contribution in [0, 0.1) is 0 Å². The highest BCUT2D eigenvalue weighted by molar-refractivity contribution is 6.23. The zero-order valence-corrected chi connectivity index (χ0v) is 10.9. The van der Waals surface area contributed by atoms with Crippen molar-refractivity contribution in [1.29, 1.82) is 0 Å². The molecule has 106 valence electrons. The van der Waals surface area contributed by atoms with Gasteiger partial charge < -0.3 is 25.2 Å². The van der Waals surface area contributed by atoms with Crippen LogP contribution in [0.3, 0.4) is 0 Å². The Morgan fingerprint density at radius 3 is 2.32 bits per heavy atom. The van der Waals surface area contributed by atoms with Crippen molar-refractivity contribution in [2.24, 2.45) is 0 Å². The van der Waals surface area contributed by atoms with E-state index in [0.29, 0.717) is 0 Å². The van der Waals surface area contributed by atoms with Crippen LogP contribution in [-0.4, -0.2) is 56.5 Å². The van der Waals surface area contributed by atoms with E-state index in [0.717, 1.165) is 5.56 Å². The Morgan fingerprint density at radius 1 is 1.11 bits per heavy atom. The van der Waals surface area contributed by atoms with Gasteiger partial charge in [0.05, 0.1) is 6.61 Å². The summed E-state index contributed by atoms with van der Waals surface area (Å²) in [6, 6.07) is 9.11. The van der Waals surface area contributed by atoms with E-state index in [1.165, 1.54) is 0 Å². The fourth-order valence-corrected chi connectivity index (χ4v) is 2.62. The van der Waals surface area contributed by atoms with Crippen LogP contribution in [0.15, 0.2) is 30.3 Å². The summed E-state index contributed by atoms with van der Waals surface area (Å²) in [6.07, 6.45) is -5.17. The number of rotatable bonds is 3. The van der Waals surface area contributed by atoms with Gasteiger partial charge in [0.15, 0.2) is 5.06 Å². The van der Waals surface area contributed by atoms with E-state index in [4.69, 9.17) is 21.4 Å². The molecule has 5 atom stereocenters. The molecule has 1 heterocycles. The smallest absolute Gasteiger partial charge is 0.174 e. The Labute approximate surface area is 116 Å². The van der Waals surface area contributed by atoms with Crippen molar-refractivity contribution in [3.8, 4) is 0 Å². The van der Waals surface area contributed by atoms with Gasteiger partial charge in [-0.25, -0.2) is 0 Å². The maximum Gasteiger partial charge on any atom is 0.174 e. The summed E-state index contributed by atoms with van der Waals surface area (Å²) in [5.41, 5.74) is 0.817. The van der Waals surface area contributed by atoms with Gasteiger partial charge >= 0.3 is 0 Å². The SMILES string of the molecule is OC[C@H]1O[C@](Cl)(Cc2ccccc2)[C@H](O)[C@@H](O)[C@@H]1O. The first-order valence-corrected chi connectivity index (χ1v) is 6.41. The van der Waals surface area contributed by atoms with Crippen molar-refractivity contribution in [3.63, 3.8) is 0 Å². The molecule has 0 saturated carbocycles. The van der Waals surface area contributed by atoms with Gasteiger partial charge in [-0.2, -0.15) is 0 Å². The third kappa shape index (κ3) is 2.91. The minimum Gasteiger partial charge on any atom is -0.394 e. The number of alkyl halides is 1. The predicted molar refractivity (Wildman–Crippen MR) is 68.7 cm³/mol. The summed E-state index contributed by atoms with van der Waals surface area (Å²) in [6.45, 7) is -0.492. The summed E-state index contributed by atoms with van der Waals surface area (Å²) < 4.78 is 5.38. The van der Waals surface area contributed by atoms with Gasteiger partial charge in [-0.05, 0) is 5.56 Å². The molecule has 0 bridgehead atoms. The third-order valence-corrected chi connectivity index (χ3v) is 3.76. The lowest BCUT2D eigenvalue weighted by Gasteiger charge is -2.45. The van der Waals surface area contributed by atoms with Crippen molar-refractivity contribution in [2.45, 2.75) is 35.9 Å². The van der Waals surface area contributed by atoms with E-state index in [1.54, 1.807) is 0 Å². The number of ether oxygens (including phenoxy) is 1. The average Bonchev–Trinajstić information content (AvgIpc) is 2.42. The highest BCUT2D eigenvalue weighted by atomic mass is 35.5. The molecule has 1 fully saturated rings. The fraction of sp³-hybridized carbons (Fsp3) is 0.538. The molecule has 1 saturated heterocycles. The molecule has 1 aromatic carbocycles. The van der Waals surface area contributed by atoms with Crippen molar-refractivity contribution in [3.05, 3.63) is 35.9 Å². The maximum atomic E-state index is 9.99. The van der Waals surface area contributed by atoms with Gasteiger partial charge in [-0.15, -0.1) is 0 Å². The lowest BCUT2D eigenvalue weighted by Crippen LogP contribution is -2.63. The van der Waals surface area contributed by atoms with Crippen molar-refractivity contribution < 1.29 is 25.2 Å². The molecule has 0 aromatic heterocycles. The number of benzene rings is 1. The zero-order valence-electron chi connectivity index (χ0n) is 10.2. The normalized spacial score (nSPS) is 39.2. The van der Waals surface area contributed by atoms with Crippen LogP contribution in [0.2, 0.25) is 0 Å². The lowest BCUT2D eigenvalue weighted by atomic mass is 9.91. The van der Waals surface area contributed by atoms with Crippen LogP contribution in [0.1, 0.15) is 5.56 Å². The van der Waals surface area contributed by atoms with Crippen molar-refractivity contribution in [1.82, 2.24) is 0 Å². The maximum absolute atomic E-state index is 9.99. The minimum absolute atomic E-state index is 0.150. The Bertz CT molecular complexity index is 413. The molecule has 1 aromatic rings. The van der Waals surface area contributed by atoms with Crippen LogP contribution >= 0.6 is 11.6 Å². The topological polar surface area (TPSA) is 90.2 Å². The van der Waals surface area contributed by atoms with Gasteiger partial charge in [0.1, 0.15) is 24.4 Å². The summed E-state index contributed by atoms with van der Waals surface area (Å²) in [4.78, 5) is 0. The molecule has 2 rings (SSSR count). The summed E-state index contributed by atoms with van der Waals surface area (Å²) in [7, 11) is 0. The highest BCUT2D eigenvalue weighted by Gasteiger charge is 2.52. The summed E-state index contributed by atoms with van der Waals surface area (Å²) in [5, 5.41) is 37.0. The van der Waals surface area contributed by atoms with Crippen LogP contribution < -0.4 is 0 Å². The molecule has 1 aliphatic heterocycles. The van der Waals surface area contributed by atoms with E-state index in [-0.39, 0.29) is 6.42 Å². The molecule has 19 heavy (non-hydrogen) atoms. The first-order chi connectivity index (χ1) is 8.98. The Balaban J connectivity index is 2.21. The first kappa shape index (κ1) is 14.7. The standard InChI is InChI=1S/C13H17ClO5/c14-13(6-8-4-2-1-3-5-8)12(18)11(17)10(16)9(7-15)19-13/h1-5,9-12,15-18H,6-7H2/t9-,10-,11+,12-,13-/m1/s1. The minimum atomic E-state index is -1.58. The highest BCUT2D eigenvalue weighted by Crippen LogP contribution is 2.36. The second-order valence-corrected chi connectivity index (χ2v) is 5.35. The molecule has 1 aliphatic rings. The van der Waals surface area contributed by atoms with E-state index < -0.39 is 36.1 Å². The number of aliphatic hydroxyl groups excluding tert-OH is 4. The number of halogens is 1. The number of hydrogen-bond donors (Lipinski definition) is 4. The second-order valence-electron chi connectivity index (χ2n) is 4.71. The zero-order chi connectivity index (χ0) is 14.0. The summed E-state index contributed by atoms with van der Waals surface area (Å²) >= 11 is 6.24. The Hall–Kier alpha value is -0.690. The molecular weight excluding hydrogens is 272 g/mol. The molecule has 6 heteroatoms. The lowest BCUT2D eigenvalue weighted by molar-refractivity contribution is -0.244. The van der Waals surface area contributed by atoms with Gasteiger partial charge in [-0.1, -0.05) is 41.9 Å². The first-order valence-electron chi connectivity index (χ1n) is 6.03. The van der Waals surface area contributed by atoms with Crippen LogP contribution in [0.5, 0.6) is 0 Å². The Kier molecular flexibility index (Phi) is 4.45. The molecule has 0 unspecified atom stereocenters. The number of hydrogen-bond acceptors (Lipinski definition) is 5. The molecule has 0 radical (unpaired) electrons. The van der Waals surface area contributed by atoms with Crippen LogP contribution in [0.25, 0.3) is 0 Å². The van der Waals surface area contributed by atoms with E-state index in [9.17, 15) is 15.3 Å². The molecule has 0 amide bonds. The molecule has 5 nitrogen and oxygen atoms in total. The average molecular weight is 289 g/mol. The summed E-state index contributed by atoms with van der Waals surface area (Å²) in [5.74, 6) is 0. The van der Waals surface area contributed by atoms with Gasteiger partial charge in [0.25, 0.3) is 0 Å². The van der Waals surface area contributed by atoms with E-state index >= 15 is 0 Å². The van der Waals surface area contributed by atoms with E-state index in [2.05, 4.69) is 0 Å². The van der Waals surface area contributed by atoms with Gasteiger partial charge in [-0.3, -0.25) is 0 Å².